The first-order valence-corrected chi connectivity index (χ1v) is 34.6. The predicted molar refractivity (Wildman–Crippen MR) is 337 cm³/mol. The predicted octanol–water partition coefficient (Wildman–Crippen LogP) is -6.69. The van der Waals surface area contributed by atoms with E-state index in [0.29, 0.717) is 85.8 Å². The SMILES string of the molecule is O=C(CCCCCN1C(=O)C=CC1=O)ON1C(=O)CC(S(=O)(=O)[O-])C1=O.O=C(CCCCCN1C(=O)C=CC1=O)ON1C(=O)CCC1=O.O=C(CCCc1ccc(N2C(=O)C=CC2=O)cc1)ON1C(=O)CC(S(=O)(=O)[O-])C1=O.O=C(CCCc1ccc(N2C(=O)C=CC2=O)cc1)ON1C(=O)CCC1=O.[Na+].[Na+]. The number of hydrogen-bond donors (Lipinski definition) is 0. The number of rotatable bonds is 28. The van der Waals surface area contributed by atoms with Gasteiger partial charge in [-0.05, 0) is 86.8 Å². The van der Waals surface area contributed by atoms with Crippen molar-refractivity contribution in [2.24, 2.45) is 0 Å². The minimum absolute atomic E-state index is 0. The number of nitrogens with zero attached hydrogens (tertiary/aromatic N) is 8. The summed E-state index contributed by atoms with van der Waals surface area (Å²) in [6.45, 7) is 0.509. The molecule has 0 bridgehead atoms. The largest absolute Gasteiger partial charge is 1.00 e. The van der Waals surface area contributed by atoms with Crippen LogP contribution >= 0.6 is 0 Å². The first-order chi connectivity index (χ1) is 49.1. The molecule has 2 atom stereocenters. The molecule has 4 fully saturated rings. The molecular formula is C64H62N8Na2O30S2. The van der Waals surface area contributed by atoms with Gasteiger partial charge in [-0.1, -0.05) is 37.1 Å². The first kappa shape index (κ1) is 86.9. The first-order valence-electron chi connectivity index (χ1n) is 31.7. The van der Waals surface area contributed by atoms with Crippen molar-refractivity contribution in [3.63, 3.8) is 0 Å². The summed E-state index contributed by atoms with van der Waals surface area (Å²) in [6, 6.07) is 13.4. The third-order valence-corrected chi connectivity index (χ3v) is 17.8. The van der Waals surface area contributed by atoms with Crippen LogP contribution in [0.25, 0.3) is 0 Å². The molecule has 2 unspecified atom stereocenters. The fraction of sp³-hybridized carbons (Fsp3) is 0.375. The Hall–Kier alpha value is -9.78. The van der Waals surface area contributed by atoms with Gasteiger partial charge in [-0.15, -0.1) is 20.3 Å². The van der Waals surface area contributed by atoms with Crippen LogP contribution in [0.2, 0.25) is 0 Å². The summed E-state index contributed by atoms with van der Waals surface area (Å²) in [5, 5.41) is -3.07. The van der Waals surface area contributed by atoms with Crippen molar-refractivity contribution in [2.45, 2.75) is 139 Å². The topological polar surface area (TPSA) is 519 Å². The van der Waals surface area contributed by atoms with Crippen molar-refractivity contribution in [3.8, 4) is 0 Å². The number of unbranched alkanes of at least 4 members (excludes halogenated alkanes) is 4. The van der Waals surface area contributed by atoms with E-state index >= 15 is 0 Å². The summed E-state index contributed by atoms with van der Waals surface area (Å²) in [7, 11) is -10.0. The van der Waals surface area contributed by atoms with Gasteiger partial charge in [0, 0.05) is 113 Å². The van der Waals surface area contributed by atoms with Gasteiger partial charge in [0.2, 0.25) is 0 Å². The van der Waals surface area contributed by atoms with Gasteiger partial charge >= 0.3 is 83.0 Å². The van der Waals surface area contributed by atoms with Crippen LogP contribution in [0.4, 0.5) is 11.4 Å². The van der Waals surface area contributed by atoms with E-state index in [0.717, 1.165) is 30.7 Å². The van der Waals surface area contributed by atoms with E-state index < -0.39 is 138 Å². The van der Waals surface area contributed by atoms with Gasteiger partial charge in [0.05, 0.1) is 24.2 Å². The van der Waals surface area contributed by atoms with Crippen LogP contribution in [0.5, 0.6) is 0 Å². The second-order valence-corrected chi connectivity index (χ2v) is 26.2. The minimum Gasteiger partial charge on any atom is -0.747 e. The van der Waals surface area contributed by atoms with E-state index in [9.17, 15) is 122 Å². The maximum Gasteiger partial charge on any atom is 1.00 e. The molecular weight excluding hydrogens is 1470 g/mol. The van der Waals surface area contributed by atoms with E-state index in [1.165, 1.54) is 48.6 Å². The number of imide groups is 8. The molecule has 16 amide bonds. The zero-order valence-electron chi connectivity index (χ0n) is 56.6. The van der Waals surface area contributed by atoms with Gasteiger partial charge in [-0.25, -0.2) is 45.8 Å². The molecule has 4 saturated heterocycles. The number of aryl methyl sites for hydroxylation is 2. The molecule has 0 radical (unpaired) electrons. The van der Waals surface area contributed by atoms with Gasteiger partial charge in [0.25, 0.3) is 94.5 Å². The molecule has 8 aliphatic rings. The summed E-state index contributed by atoms with van der Waals surface area (Å²) in [4.78, 5) is 253. The normalized spacial score (nSPS) is 18.2. The molecule has 8 heterocycles. The fourth-order valence-electron chi connectivity index (χ4n) is 10.3. The minimum atomic E-state index is -5.03. The second-order valence-electron chi connectivity index (χ2n) is 23.1. The molecule has 0 spiro atoms. The Bertz CT molecular complexity index is 4190. The van der Waals surface area contributed by atoms with Gasteiger partial charge in [0.15, 0.2) is 0 Å². The summed E-state index contributed by atoms with van der Waals surface area (Å²) in [6.07, 6.45) is 12.5. The Labute approximate surface area is 645 Å². The molecule has 42 heteroatoms. The van der Waals surface area contributed by atoms with Crippen LogP contribution in [0, 0.1) is 0 Å². The van der Waals surface area contributed by atoms with Gasteiger partial charge in [-0.2, -0.15) is 0 Å². The number of carbonyl (C=O) groups is 20. The molecule has 106 heavy (non-hydrogen) atoms. The molecule has 0 saturated carbocycles. The van der Waals surface area contributed by atoms with Crippen molar-refractivity contribution in [1.82, 2.24) is 30.1 Å². The Kier molecular flexibility index (Phi) is 32.4. The zero-order chi connectivity index (χ0) is 76.3. The van der Waals surface area contributed by atoms with Crippen LogP contribution in [0.1, 0.15) is 127 Å². The average molecular weight is 1530 g/mol. The molecule has 2 aromatic carbocycles. The summed E-state index contributed by atoms with van der Waals surface area (Å²) in [5.74, 6) is -13.1. The summed E-state index contributed by atoms with van der Waals surface area (Å²) in [5.41, 5.74) is 2.61. The van der Waals surface area contributed by atoms with Crippen LogP contribution in [-0.4, -0.2) is 198 Å². The van der Waals surface area contributed by atoms with E-state index in [2.05, 4.69) is 9.68 Å². The summed E-state index contributed by atoms with van der Waals surface area (Å²) >= 11 is 0. The van der Waals surface area contributed by atoms with Crippen molar-refractivity contribution in [1.29, 1.82) is 0 Å². The van der Waals surface area contributed by atoms with Crippen LogP contribution in [-0.2, 0) is 148 Å². The van der Waals surface area contributed by atoms with Gasteiger partial charge in [-0.3, -0.25) is 86.5 Å². The van der Waals surface area contributed by atoms with E-state index in [-0.39, 0.29) is 157 Å². The van der Waals surface area contributed by atoms with Crippen LogP contribution < -0.4 is 68.9 Å². The zero-order valence-corrected chi connectivity index (χ0v) is 62.2. The quantitative estimate of drug-likeness (QED) is 0.0331. The van der Waals surface area contributed by atoms with Crippen molar-refractivity contribution >= 4 is 150 Å². The third-order valence-electron chi connectivity index (χ3n) is 15.6. The number of anilines is 2. The Morgan fingerprint density at radius 1 is 0.340 bits per heavy atom. The van der Waals surface area contributed by atoms with Crippen molar-refractivity contribution in [2.75, 3.05) is 22.9 Å². The molecule has 2 aromatic rings. The smallest absolute Gasteiger partial charge is 0.747 e. The number of benzene rings is 2. The van der Waals surface area contributed by atoms with Gasteiger partial charge in [0.1, 0.15) is 30.7 Å². The molecule has 0 aromatic heterocycles. The molecule has 552 valence electrons. The molecule has 0 aliphatic carbocycles. The number of hydrogen-bond acceptors (Lipinski definition) is 30. The van der Waals surface area contributed by atoms with Crippen molar-refractivity contribution < 1.29 is 200 Å². The maximum absolute atomic E-state index is 11.9. The molecule has 38 nitrogen and oxygen atoms in total. The van der Waals surface area contributed by atoms with Crippen molar-refractivity contribution in [3.05, 3.63) is 108 Å². The van der Waals surface area contributed by atoms with E-state index in [1.807, 2.05) is 0 Å². The third kappa shape index (κ3) is 24.1. The monoisotopic (exact) mass is 1530 g/mol. The Morgan fingerprint density at radius 3 is 0.858 bits per heavy atom. The van der Waals surface area contributed by atoms with E-state index in [1.54, 1.807) is 48.5 Å². The number of hydroxylamine groups is 8. The number of amides is 16. The maximum atomic E-state index is 11.9. The van der Waals surface area contributed by atoms with Crippen LogP contribution in [0.3, 0.4) is 0 Å². The Balaban J connectivity index is 0.000000253. The molecule has 0 N–H and O–H groups in total. The fourth-order valence-corrected chi connectivity index (χ4v) is 11.6. The van der Waals surface area contributed by atoms with Crippen LogP contribution in [0.15, 0.2) is 97.1 Å². The second kappa shape index (κ2) is 39.5. The standard InChI is InChI=1S/C18H16N2O9S.C18H16N2O6.C14H16N2O9S.C14H16N2O6.2Na/c21-14-8-9-15(22)19(14)12-6-4-11(5-7-12)2-1-3-17(24)29-20-16(23)10-13(18(20)25)30(26,27)28;21-14-8-9-15(22)19(14)13-6-4-12(5-7-13)2-1-3-18(25)26-20-16(23)10-11-17(20)24;17-10-5-6-11(18)15(10)7-3-1-2-4-13(20)25-16-12(19)8-9(14(16)21)26(22,23)24;17-10-5-6-11(18)15(10)9-3-1-2-4-14(21)22-16-12(19)7-8-13(16)20;;/h4-9,13H,1-3,10H2,(H,26,27,28);4-9H,1-3,10-11H2;5-6,9H,1-4,7-8H2,(H,22,23,24);5-6H,1-4,7-9H2;;/q;;;;2*+1/p-2. The molecule has 10 rings (SSSR count). The Morgan fingerprint density at radius 2 is 0.594 bits per heavy atom. The molecule has 8 aliphatic heterocycles. The van der Waals surface area contributed by atoms with E-state index in [4.69, 9.17) is 9.68 Å². The number of carbonyl (C=O) groups excluding carboxylic acids is 20. The van der Waals surface area contributed by atoms with Gasteiger partial charge < -0.3 is 28.5 Å². The average Bonchev–Trinajstić information content (AvgIpc) is 1.66. The summed E-state index contributed by atoms with van der Waals surface area (Å²) < 4.78 is 65.5.